The van der Waals surface area contributed by atoms with Crippen molar-refractivity contribution in [2.45, 2.75) is 31.8 Å². The number of rotatable bonds is 4. The van der Waals surface area contributed by atoms with Crippen molar-refractivity contribution in [2.75, 3.05) is 20.6 Å². The molecule has 5 nitrogen and oxygen atoms in total. The van der Waals surface area contributed by atoms with Crippen molar-refractivity contribution in [3.63, 3.8) is 0 Å². The van der Waals surface area contributed by atoms with Gasteiger partial charge in [0.25, 0.3) is 5.91 Å². The average molecular weight is 362 g/mol. The minimum Gasteiger partial charge on any atom is -0.330 e. The predicted molar refractivity (Wildman–Crippen MR) is 107 cm³/mol. The van der Waals surface area contributed by atoms with Crippen LogP contribution in [0.2, 0.25) is 0 Å². The molecule has 0 radical (unpaired) electrons. The molecule has 1 aliphatic rings. The summed E-state index contributed by atoms with van der Waals surface area (Å²) in [6, 6.07) is 14.7. The highest BCUT2D eigenvalue weighted by molar-refractivity contribution is 5.93. The predicted octanol–water partition coefficient (Wildman–Crippen LogP) is 3.76. The zero-order valence-electron chi connectivity index (χ0n) is 16.0. The van der Waals surface area contributed by atoms with Gasteiger partial charge in [0.05, 0.1) is 12.2 Å². The van der Waals surface area contributed by atoms with Gasteiger partial charge in [-0.15, -0.1) is 0 Å². The summed E-state index contributed by atoms with van der Waals surface area (Å²) in [5.74, 6) is 0.0655. The Morgan fingerprint density at radius 1 is 1.15 bits per heavy atom. The van der Waals surface area contributed by atoms with E-state index in [2.05, 4.69) is 48.2 Å². The van der Waals surface area contributed by atoms with Gasteiger partial charge in [-0.3, -0.25) is 9.20 Å². The molecule has 0 N–H and O–H groups in total. The van der Waals surface area contributed by atoms with E-state index in [9.17, 15) is 4.79 Å². The SMILES string of the molecule is CN(C)Cc1ccc([C@@H]2CCCCN2C(=O)c2cnc3ccccn23)cc1. The van der Waals surface area contributed by atoms with Crippen molar-refractivity contribution in [2.24, 2.45) is 0 Å². The van der Waals surface area contributed by atoms with Gasteiger partial charge in [0, 0.05) is 19.3 Å². The molecule has 1 aliphatic heterocycles. The van der Waals surface area contributed by atoms with Gasteiger partial charge in [0.15, 0.2) is 0 Å². The summed E-state index contributed by atoms with van der Waals surface area (Å²) >= 11 is 0. The highest BCUT2D eigenvalue weighted by Crippen LogP contribution is 2.32. The third kappa shape index (κ3) is 3.60. The molecule has 0 unspecified atom stereocenters. The van der Waals surface area contributed by atoms with Gasteiger partial charge in [-0.1, -0.05) is 30.3 Å². The fourth-order valence-electron chi connectivity index (χ4n) is 3.97. The molecule has 0 aliphatic carbocycles. The molecule has 1 fully saturated rings. The van der Waals surface area contributed by atoms with E-state index in [4.69, 9.17) is 0 Å². The molecule has 1 amide bonds. The van der Waals surface area contributed by atoms with Gasteiger partial charge < -0.3 is 9.80 Å². The average Bonchev–Trinajstić information content (AvgIpc) is 3.12. The minimum atomic E-state index is 0.0655. The number of aromatic nitrogens is 2. The molecular weight excluding hydrogens is 336 g/mol. The molecule has 2 aromatic heterocycles. The van der Waals surface area contributed by atoms with Crippen molar-refractivity contribution in [3.8, 4) is 0 Å². The van der Waals surface area contributed by atoms with Crippen LogP contribution < -0.4 is 0 Å². The Morgan fingerprint density at radius 2 is 1.96 bits per heavy atom. The highest BCUT2D eigenvalue weighted by Gasteiger charge is 2.30. The summed E-state index contributed by atoms with van der Waals surface area (Å²) in [5.41, 5.74) is 3.96. The Hall–Kier alpha value is -2.66. The second-order valence-corrected chi connectivity index (χ2v) is 7.56. The van der Waals surface area contributed by atoms with E-state index in [1.165, 1.54) is 11.1 Å². The standard InChI is InChI=1S/C22H26N4O/c1-24(2)16-17-9-11-18(12-10-17)19-7-3-5-14-26(19)22(27)20-15-23-21-8-4-6-13-25(20)21/h4,6,8-13,15,19H,3,5,7,14,16H2,1-2H3/t19-/m0/s1. The Kier molecular flexibility index (Phi) is 4.94. The number of piperidine rings is 1. The van der Waals surface area contributed by atoms with Crippen LogP contribution in [0, 0.1) is 0 Å². The molecule has 0 bridgehead atoms. The maximum atomic E-state index is 13.3. The number of likely N-dealkylation sites (tertiary alicyclic amines) is 1. The molecule has 0 saturated carbocycles. The van der Waals surface area contributed by atoms with Crippen molar-refractivity contribution in [1.29, 1.82) is 0 Å². The molecule has 0 spiro atoms. The number of carbonyl (C=O) groups is 1. The highest BCUT2D eigenvalue weighted by atomic mass is 16.2. The minimum absolute atomic E-state index is 0.0655. The first kappa shape index (κ1) is 17.7. The second kappa shape index (κ2) is 7.53. The fourth-order valence-corrected chi connectivity index (χ4v) is 3.97. The molecule has 4 rings (SSSR count). The largest absolute Gasteiger partial charge is 0.330 e. The Bertz CT molecular complexity index is 929. The topological polar surface area (TPSA) is 40.8 Å². The van der Waals surface area contributed by atoms with E-state index in [0.717, 1.165) is 38.0 Å². The van der Waals surface area contributed by atoms with Crippen LogP contribution >= 0.6 is 0 Å². The van der Waals surface area contributed by atoms with Gasteiger partial charge in [-0.05, 0) is 56.6 Å². The summed E-state index contributed by atoms with van der Waals surface area (Å²) in [4.78, 5) is 21.9. The first-order valence-electron chi connectivity index (χ1n) is 9.60. The number of nitrogens with zero attached hydrogens (tertiary/aromatic N) is 4. The lowest BCUT2D eigenvalue weighted by Gasteiger charge is -2.36. The van der Waals surface area contributed by atoms with Gasteiger partial charge in [-0.25, -0.2) is 4.98 Å². The van der Waals surface area contributed by atoms with E-state index >= 15 is 0 Å². The molecule has 140 valence electrons. The summed E-state index contributed by atoms with van der Waals surface area (Å²) < 4.78 is 1.88. The lowest BCUT2D eigenvalue weighted by molar-refractivity contribution is 0.0604. The molecule has 1 saturated heterocycles. The van der Waals surface area contributed by atoms with E-state index in [1.54, 1.807) is 6.20 Å². The Balaban J connectivity index is 1.61. The van der Waals surface area contributed by atoms with Crippen molar-refractivity contribution >= 4 is 11.6 Å². The monoisotopic (exact) mass is 362 g/mol. The van der Waals surface area contributed by atoms with Crippen molar-refractivity contribution in [3.05, 3.63) is 71.7 Å². The summed E-state index contributed by atoms with van der Waals surface area (Å²) in [5, 5.41) is 0. The second-order valence-electron chi connectivity index (χ2n) is 7.56. The maximum Gasteiger partial charge on any atom is 0.273 e. The van der Waals surface area contributed by atoms with E-state index in [-0.39, 0.29) is 11.9 Å². The number of benzene rings is 1. The Labute approximate surface area is 160 Å². The molecular formula is C22H26N4O. The van der Waals surface area contributed by atoms with Crippen LogP contribution in [-0.2, 0) is 6.54 Å². The summed E-state index contributed by atoms with van der Waals surface area (Å²) in [6.07, 6.45) is 6.82. The zero-order valence-corrected chi connectivity index (χ0v) is 16.0. The third-order valence-corrected chi connectivity index (χ3v) is 5.26. The third-order valence-electron chi connectivity index (χ3n) is 5.26. The maximum absolute atomic E-state index is 13.3. The number of imidazole rings is 1. The lowest BCUT2D eigenvalue weighted by atomic mass is 9.94. The number of hydrogen-bond acceptors (Lipinski definition) is 3. The van der Waals surface area contributed by atoms with E-state index in [0.29, 0.717) is 5.69 Å². The number of fused-ring (bicyclic) bond motifs is 1. The quantitative estimate of drug-likeness (QED) is 0.709. The molecule has 1 aromatic carbocycles. The van der Waals surface area contributed by atoms with Gasteiger partial charge >= 0.3 is 0 Å². The number of amides is 1. The van der Waals surface area contributed by atoms with Crippen molar-refractivity contribution in [1.82, 2.24) is 19.2 Å². The van der Waals surface area contributed by atoms with Crippen LogP contribution in [0.25, 0.3) is 5.65 Å². The van der Waals surface area contributed by atoms with E-state index in [1.807, 2.05) is 33.7 Å². The molecule has 3 aromatic rings. The smallest absolute Gasteiger partial charge is 0.273 e. The van der Waals surface area contributed by atoms with Crippen LogP contribution in [-0.4, -0.2) is 45.7 Å². The number of hydrogen-bond donors (Lipinski definition) is 0. The summed E-state index contributed by atoms with van der Waals surface area (Å²) in [6.45, 7) is 1.72. The van der Waals surface area contributed by atoms with Crippen LogP contribution in [0.5, 0.6) is 0 Å². The molecule has 5 heteroatoms. The van der Waals surface area contributed by atoms with Gasteiger partial charge in [-0.2, -0.15) is 0 Å². The lowest BCUT2D eigenvalue weighted by Crippen LogP contribution is -2.39. The van der Waals surface area contributed by atoms with Gasteiger partial charge in [0.2, 0.25) is 0 Å². The van der Waals surface area contributed by atoms with E-state index < -0.39 is 0 Å². The first-order valence-corrected chi connectivity index (χ1v) is 9.60. The van der Waals surface area contributed by atoms with Crippen LogP contribution in [0.15, 0.2) is 54.9 Å². The summed E-state index contributed by atoms with van der Waals surface area (Å²) in [7, 11) is 4.15. The number of pyridine rings is 1. The zero-order chi connectivity index (χ0) is 18.8. The van der Waals surface area contributed by atoms with Crippen LogP contribution in [0.1, 0.15) is 46.9 Å². The normalized spacial score (nSPS) is 17.6. The number of carbonyl (C=O) groups excluding carboxylic acids is 1. The molecule has 1 atom stereocenters. The molecule has 3 heterocycles. The molecule has 27 heavy (non-hydrogen) atoms. The van der Waals surface area contributed by atoms with Gasteiger partial charge in [0.1, 0.15) is 11.3 Å². The Morgan fingerprint density at radius 3 is 2.74 bits per heavy atom. The first-order chi connectivity index (χ1) is 13.1. The van der Waals surface area contributed by atoms with Crippen LogP contribution in [0.4, 0.5) is 0 Å². The van der Waals surface area contributed by atoms with Crippen molar-refractivity contribution < 1.29 is 4.79 Å². The fraction of sp³-hybridized carbons (Fsp3) is 0.364. The van der Waals surface area contributed by atoms with Crippen LogP contribution in [0.3, 0.4) is 0 Å².